The van der Waals surface area contributed by atoms with Crippen LogP contribution in [0, 0.1) is 11.3 Å². The van der Waals surface area contributed by atoms with E-state index in [1.807, 2.05) is 24.3 Å². The fraction of sp³-hybridized carbons (Fsp3) is 0.167. The van der Waals surface area contributed by atoms with Gasteiger partial charge in [0.25, 0.3) is 0 Å². The Hall–Kier alpha value is -2.68. The highest BCUT2D eigenvalue weighted by atomic mass is 15.1. The molecule has 0 atom stereocenters. The summed E-state index contributed by atoms with van der Waals surface area (Å²) in [5.41, 5.74) is 1.29. The van der Waals surface area contributed by atoms with Gasteiger partial charge >= 0.3 is 0 Å². The quantitative estimate of drug-likeness (QED) is 0.840. The smallest absolute Gasteiger partial charge is 0.224 e. The van der Waals surface area contributed by atoms with Crippen LogP contribution in [0.3, 0.4) is 0 Å². The summed E-state index contributed by atoms with van der Waals surface area (Å²) in [6, 6.07) is 7.72. The molecule has 2 rings (SSSR count). The molecule has 0 aromatic carbocycles. The Labute approximate surface area is 105 Å². The van der Waals surface area contributed by atoms with Gasteiger partial charge in [-0.25, -0.2) is 4.98 Å². The Morgan fingerprint density at radius 1 is 1.33 bits per heavy atom. The lowest BCUT2D eigenvalue weighted by Crippen LogP contribution is -2.07. The van der Waals surface area contributed by atoms with Crippen molar-refractivity contribution in [2.45, 2.75) is 6.54 Å². The Balaban J connectivity index is 2.15. The molecule has 0 aliphatic rings. The normalized spacial score (nSPS) is 9.56. The molecule has 90 valence electrons. The number of hydrogen-bond donors (Lipinski definition) is 2. The predicted octanol–water partition coefficient (Wildman–Crippen LogP) is 1.40. The summed E-state index contributed by atoms with van der Waals surface area (Å²) < 4.78 is 0. The van der Waals surface area contributed by atoms with Crippen molar-refractivity contribution in [1.29, 1.82) is 5.26 Å². The van der Waals surface area contributed by atoms with E-state index in [0.29, 0.717) is 23.9 Å². The fourth-order valence-electron chi connectivity index (χ4n) is 1.40. The Morgan fingerprint density at radius 3 is 2.89 bits per heavy atom. The standard InChI is InChI=1S/C12H12N6/c1-14-12-17-7-9(6-13)11(18-12)16-8-10-4-2-3-5-15-10/h2-5,7H,8H2,1H3,(H2,14,16,17,18). The van der Waals surface area contributed by atoms with E-state index in [4.69, 9.17) is 5.26 Å². The number of anilines is 2. The highest BCUT2D eigenvalue weighted by molar-refractivity contribution is 5.53. The molecule has 0 bridgehead atoms. The number of nitrogens with one attached hydrogen (secondary N) is 2. The topological polar surface area (TPSA) is 86.5 Å². The number of nitrogens with zero attached hydrogens (tertiary/aromatic N) is 4. The van der Waals surface area contributed by atoms with Gasteiger partial charge < -0.3 is 10.6 Å². The molecule has 0 amide bonds. The van der Waals surface area contributed by atoms with Gasteiger partial charge in [0.1, 0.15) is 17.5 Å². The van der Waals surface area contributed by atoms with Gasteiger partial charge in [-0.1, -0.05) is 6.07 Å². The SMILES string of the molecule is CNc1ncc(C#N)c(NCc2ccccn2)n1. The maximum absolute atomic E-state index is 8.97. The van der Waals surface area contributed by atoms with Crippen LogP contribution in [0.4, 0.5) is 11.8 Å². The third kappa shape index (κ3) is 2.71. The van der Waals surface area contributed by atoms with Crippen molar-refractivity contribution >= 4 is 11.8 Å². The van der Waals surface area contributed by atoms with E-state index in [1.54, 1.807) is 13.2 Å². The predicted molar refractivity (Wildman–Crippen MR) is 67.9 cm³/mol. The summed E-state index contributed by atoms with van der Waals surface area (Å²) in [6.45, 7) is 0.510. The lowest BCUT2D eigenvalue weighted by Gasteiger charge is -2.07. The molecule has 2 aromatic rings. The monoisotopic (exact) mass is 240 g/mol. The van der Waals surface area contributed by atoms with Gasteiger partial charge in [-0.2, -0.15) is 10.2 Å². The van der Waals surface area contributed by atoms with Crippen LogP contribution in [0.15, 0.2) is 30.6 Å². The van der Waals surface area contributed by atoms with Crippen molar-refractivity contribution in [3.8, 4) is 6.07 Å². The molecular formula is C12H12N6. The van der Waals surface area contributed by atoms with Crippen molar-refractivity contribution in [2.24, 2.45) is 0 Å². The van der Waals surface area contributed by atoms with Gasteiger partial charge in [0.15, 0.2) is 0 Å². The molecule has 0 saturated heterocycles. The second-order valence-electron chi connectivity index (χ2n) is 3.49. The molecule has 2 aromatic heterocycles. The number of nitriles is 1. The second kappa shape index (κ2) is 5.59. The fourth-order valence-corrected chi connectivity index (χ4v) is 1.40. The molecule has 0 aliphatic carbocycles. The Morgan fingerprint density at radius 2 is 2.22 bits per heavy atom. The van der Waals surface area contributed by atoms with Crippen LogP contribution in [-0.2, 0) is 6.54 Å². The van der Waals surface area contributed by atoms with Gasteiger partial charge in [-0.05, 0) is 12.1 Å². The van der Waals surface area contributed by atoms with Crippen molar-refractivity contribution in [3.63, 3.8) is 0 Å². The first kappa shape index (κ1) is 11.8. The molecule has 18 heavy (non-hydrogen) atoms. The minimum Gasteiger partial charge on any atom is -0.363 e. The Bertz CT molecular complexity index is 561. The van der Waals surface area contributed by atoms with Crippen LogP contribution in [-0.4, -0.2) is 22.0 Å². The average molecular weight is 240 g/mol. The molecule has 0 spiro atoms. The van der Waals surface area contributed by atoms with Gasteiger partial charge in [0.2, 0.25) is 5.95 Å². The maximum atomic E-state index is 8.97. The minimum absolute atomic E-state index is 0.407. The molecule has 0 fully saturated rings. The number of rotatable bonds is 4. The second-order valence-corrected chi connectivity index (χ2v) is 3.49. The lowest BCUT2D eigenvalue weighted by molar-refractivity contribution is 1.02. The van der Waals surface area contributed by atoms with Gasteiger partial charge in [-0.3, -0.25) is 4.98 Å². The van der Waals surface area contributed by atoms with E-state index in [-0.39, 0.29) is 0 Å². The first-order valence-electron chi connectivity index (χ1n) is 5.42. The third-order valence-corrected chi connectivity index (χ3v) is 2.30. The summed E-state index contributed by atoms with van der Waals surface area (Å²) >= 11 is 0. The lowest BCUT2D eigenvalue weighted by atomic mass is 10.3. The van der Waals surface area contributed by atoms with Crippen LogP contribution in [0.1, 0.15) is 11.3 Å². The molecular weight excluding hydrogens is 228 g/mol. The molecule has 2 heterocycles. The summed E-state index contributed by atoms with van der Waals surface area (Å²) in [6.07, 6.45) is 3.21. The van der Waals surface area contributed by atoms with Gasteiger partial charge in [0.05, 0.1) is 18.4 Å². The number of aromatic nitrogens is 3. The van der Waals surface area contributed by atoms with E-state index in [2.05, 4.69) is 25.6 Å². The van der Waals surface area contributed by atoms with E-state index in [1.165, 1.54) is 6.20 Å². The molecule has 0 unspecified atom stereocenters. The van der Waals surface area contributed by atoms with Crippen LogP contribution < -0.4 is 10.6 Å². The third-order valence-electron chi connectivity index (χ3n) is 2.30. The summed E-state index contributed by atoms with van der Waals surface area (Å²) in [5, 5.41) is 14.9. The Kier molecular flexibility index (Phi) is 3.66. The van der Waals surface area contributed by atoms with Crippen LogP contribution in [0.2, 0.25) is 0 Å². The zero-order valence-corrected chi connectivity index (χ0v) is 9.88. The van der Waals surface area contributed by atoms with Crippen molar-refractivity contribution in [2.75, 3.05) is 17.7 Å². The van der Waals surface area contributed by atoms with Crippen LogP contribution >= 0.6 is 0 Å². The zero-order valence-electron chi connectivity index (χ0n) is 9.88. The van der Waals surface area contributed by atoms with Crippen LogP contribution in [0.5, 0.6) is 0 Å². The molecule has 6 heteroatoms. The number of pyridine rings is 1. The van der Waals surface area contributed by atoms with E-state index < -0.39 is 0 Å². The van der Waals surface area contributed by atoms with Gasteiger partial charge in [-0.15, -0.1) is 0 Å². The van der Waals surface area contributed by atoms with E-state index in [0.717, 1.165) is 5.69 Å². The molecule has 0 saturated carbocycles. The average Bonchev–Trinajstić information content (AvgIpc) is 2.45. The molecule has 0 aliphatic heterocycles. The first-order valence-corrected chi connectivity index (χ1v) is 5.42. The largest absolute Gasteiger partial charge is 0.363 e. The molecule has 2 N–H and O–H groups in total. The van der Waals surface area contributed by atoms with Gasteiger partial charge in [0, 0.05) is 13.2 Å². The van der Waals surface area contributed by atoms with Crippen molar-refractivity contribution in [3.05, 3.63) is 41.9 Å². The van der Waals surface area contributed by atoms with Crippen LogP contribution in [0.25, 0.3) is 0 Å². The first-order chi connectivity index (χ1) is 8.83. The maximum Gasteiger partial charge on any atom is 0.224 e. The van der Waals surface area contributed by atoms with Crippen molar-refractivity contribution < 1.29 is 0 Å². The van der Waals surface area contributed by atoms with Crippen molar-refractivity contribution in [1.82, 2.24) is 15.0 Å². The summed E-state index contributed by atoms with van der Waals surface area (Å²) in [7, 11) is 1.73. The molecule has 6 nitrogen and oxygen atoms in total. The van der Waals surface area contributed by atoms with E-state index in [9.17, 15) is 0 Å². The summed E-state index contributed by atoms with van der Waals surface area (Å²) in [5.74, 6) is 0.972. The van der Waals surface area contributed by atoms with E-state index >= 15 is 0 Å². The molecule has 0 radical (unpaired) electrons. The minimum atomic E-state index is 0.407. The highest BCUT2D eigenvalue weighted by Gasteiger charge is 2.05. The zero-order chi connectivity index (χ0) is 12.8. The summed E-state index contributed by atoms with van der Waals surface area (Å²) in [4.78, 5) is 12.4. The highest BCUT2D eigenvalue weighted by Crippen LogP contribution is 2.13. The number of hydrogen-bond acceptors (Lipinski definition) is 6.